The molecule has 1 heterocycles. The summed E-state index contributed by atoms with van der Waals surface area (Å²) in [5, 5.41) is 0. The second kappa shape index (κ2) is 4.98. The van der Waals surface area contributed by atoms with Crippen LogP contribution < -0.4 is 21.7 Å². The Bertz CT molecular complexity index is 852. The van der Waals surface area contributed by atoms with Crippen LogP contribution in [-0.4, -0.2) is 18.4 Å². The number of aromatic amines is 2. The predicted octanol–water partition coefficient (Wildman–Crippen LogP) is 0.398. The molecule has 20 heavy (non-hydrogen) atoms. The average Bonchev–Trinajstić information content (AvgIpc) is 2.34. The first-order chi connectivity index (χ1) is 9.29. The van der Waals surface area contributed by atoms with Crippen LogP contribution in [0.1, 0.15) is 0 Å². The molecule has 0 radical (unpaired) electrons. The molecule has 106 valence electrons. The van der Waals surface area contributed by atoms with E-state index in [1.807, 2.05) is 0 Å². The molecule has 0 aliphatic heterocycles. The van der Waals surface area contributed by atoms with Gasteiger partial charge in [-0.1, -0.05) is 0 Å². The van der Waals surface area contributed by atoms with Crippen molar-refractivity contribution in [3.8, 4) is 0 Å². The Labute approximate surface area is 118 Å². The SMILES string of the molecule is Nc1ccc(S(=O)(=O)Nc2c(N)[nH]c(=S)[nH]c2=O)cc1. The van der Waals surface area contributed by atoms with Crippen LogP contribution in [0, 0.1) is 4.77 Å². The summed E-state index contributed by atoms with van der Waals surface area (Å²) < 4.78 is 26.3. The molecule has 2 aromatic rings. The monoisotopic (exact) mass is 313 g/mol. The topological polar surface area (TPSA) is 147 Å². The van der Waals surface area contributed by atoms with E-state index in [1.54, 1.807) is 0 Å². The molecule has 10 heteroatoms. The number of hydrogen-bond acceptors (Lipinski definition) is 6. The Hall–Kier alpha value is -2.33. The Morgan fingerprint density at radius 2 is 1.70 bits per heavy atom. The lowest BCUT2D eigenvalue weighted by Gasteiger charge is -2.09. The van der Waals surface area contributed by atoms with Gasteiger partial charge in [0.15, 0.2) is 10.5 Å². The molecule has 1 aromatic carbocycles. The van der Waals surface area contributed by atoms with E-state index in [2.05, 4.69) is 14.7 Å². The van der Waals surface area contributed by atoms with E-state index in [0.717, 1.165) is 0 Å². The lowest BCUT2D eigenvalue weighted by atomic mass is 10.3. The van der Waals surface area contributed by atoms with Crippen LogP contribution in [0.25, 0.3) is 0 Å². The first-order valence-corrected chi connectivity index (χ1v) is 7.19. The molecule has 0 aliphatic rings. The largest absolute Gasteiger partial charge is 0.399 e. The zero-order valence-corrected chi connectivity index (χ0v) is 11.6. The van der Waals surface area contributed by atoms with Crippen LogP contribution in [-0.2, 0) is 10.0 Å². The zero-order chi connectivity index (χ0) is 14.9. The third kappa shape index (κ3) is 2.81. The van der Waals surface area contributed by atoms with E-state index < -0.39 is 15.6 Å². The molecule has 0 amide bonds. The highest BCUT2D eigenvalue weighted by molar-refractivity contribution is 7.92. The number of rotatable bonds is 3. The normalized spacial score (nSPS) is 11.2. The second-order valence-corrected chi connectivity index (χ2v) is 5.96. The summed E-state index contributed by atoms with van der Waals surface area (Å²) in [5.74, 6) is -0.169. The number of nitrogens with one attached hydrogen (secondary N) is 3. The third-order valence-corrected chi connectivity index (χ3v) is 3.97. The molecule has 0 atom stereocenters. The molecule has 0 unspecified atom stereocenters. The molecule has 1 aromatic heterocycles. The van der Waals surface area contributed by atoms with Crippen LogP contribution in [0.3, 0.4) is 0 Å². The molecule has 0 saturated carbocycles. The number of H-pyrrole nitrogens is 2. The minimum atomic E-state index is -3.95. The lowest BCUT2D eigenvalue weighted by molar-refractivity contribution is 0.601. The highest BCUT2D eigenvalue weighted by atomic mass is 32.2. The van der Waals surface area contributed by atoms with Gasteiger partial charge in [0.25, 0.3) is 15.6 Å². The fraction of sp³-hybridized carbons (Fsp3) is 0. The van der Waals surface area contributed by atoms with E-state index in [0.29, 0.717) is 5.69 Å². The van der Waals surface area contributed by atoms with Gasteiger partial charge in [-0.3, -0.25) is 14.5 Å². The molecule has 8 nitrogen and oxygen atoms in total. The number of sulfonamides is 1. The average molecular weight is 313 g/mol. The fourth-order valence-corrected chi connectivity index (χ4v) is 2.73. The van der Waals surface area contributed by atoms with Crippen molar-refractivity contribution in [2.45, 2.75) is 4.90 Å². The van der Waals surface area contributed by atoms with Crippen molar-refractivity contribution in [2.75, 3.05) is 16.2 Å². The maximum Gasteiger partial charge on any atom is 0.278 e. The van der Waals surface area contributed by atoms with Gasteiger partial charge >= 0.3 is 0 Å². The number of hydrogen-bond donors (Lipinski definition) is 5. The Balaban J connectivity index is 2.46. The lowest BCUT2D eigenvalue weighted by Crippen LogP contribution is -2.22. The maximum atomic E-state index is 12.1. The maximum absolute atomic E-state index is 12.1. The van der Waals surface area contributed by atoms with E-state index in [-0.39, 0.29) is 21.2 Å². The Morgan fingerprint density at radius 1 is 1.10 bits per heavy atom. The molecular formula is C10H11N5O3S2. The van der Waals surface area contributed by atoms with E-state index >= 15 is 0 Å². The summed E-state index contributed by atoms with van der Waals surface area (Å²) in [7, 11) is -3.95. The van der Waals surface area contributed by atoms with Crippen molar-refractivity contribution in [2.24, 2.45) is 0 Å². The quantitative estimate of drug-likeness (QED) is 0.409. The number of nitrogen functional groups attached to an aromatic ring is 2. The van der Waals surface area contributed by atoms with Gasteiger partial charge in [-0.15, -0.1) is 0 Å². The molecule has 0 fully saturated rings. The van der Waals surface area contributed by atoms with Crippen molar-refractivity contribution >= 4 is 39.4 Å². The summed E-state index contributed by atoms with van der Waals surface area (Å²) in [6.07, 6.45) is 0. The molecular weight excluding hydrogens is 302 g/mol. The van der Waals surface area contributed by atoms with E-state index in [1.165, 1.54) is 24.3 Å². The number of nitrogens with two attached hydrogens (primary N) is 2. The van der Waals surface area contributed by atoms with Crippen LogP contribution in [0.2, 0.25) is 0 Å². The molecule has 0 spiro atoms. The van der Waals surface area contributed by atoms with Gasteiger partial charge < -0.3 is 16.5 Å². The standard InChI is InChI=1S/C10H11N5O3S2/c11-5-1-3-6(4-2-5)20(17,18)15-7-8(12)13-10(19)14-9(7)16/h1-4,15H,11H2,(H4,12,13,14,16,19). The van der Waals surface area contributed by atoms with Gasteiger partial charge in [0.2, 0.25) is 0 Å². The summed E-state index contributed by atoms with van der Waals surface area (Å²) in [6.45, 7) is 0. The summed E-state index contributed by atoms with van der Waals surface area (Å²) >= 11 is 4.71. The fourth-order valence-electron chi connectivity index (χ4n) is 1.45. The molecule has 0 bridgehead atoms. The molecule has 2 rings (SSSR count). The van der Waals surface area contributed by atoms with Gasteiger partial charge in [0.1, 0.15) is 5.82 Å². The minimum absolute atomic E-state index is 0.00272. The number of aromatic nitrogens is 2. The summed E-state index contributed by atoms with van der Waals surface area (Å²) in [4.78, 5) is 16.3. The first-order valence-electron chi connectivity index (χ1n) is 5.30. The summed E-state index contributed by atoms with van der Waals surface area (Å²) in [6, 6.07) is 5.49. The second-order valence-electron chi connectivity index (χ2n) is 3.87. The van der Waals surface area contributed by atoms with Gasteiger partial charge in [0.05, 0.1) is 4.90 Å². The first kappa shape index (κ1) is 14.1. The van der Waals surface area contributed by atoms with E-state index in [4.69, 9.17) is 23.7 Å². The molecule has 0 aliphatic carbocycles. The Kier molecular flexibility index (Phi) is 3.51. The third-order valence-electron chi connectivity index (χ3n) is 2.40. The van der Waals surface area contributed by atoms with Crippen molar-refractivity contribution < 1.29 is 8.42 Å². The molecule has 0 saturated heterocycles. The van der Waals surface area contributed by atoms with Crippen molar-refractivity contribution in [1.29, 1.82) is 0 Å². The van der Waals surface area contributed by atoms with Crippen LogP contribution in [0.4, 0.5) is 17.2 Å². The number of benzene rings is 1. The van der Waals surface area contributed by atoms with Crippen molar-refractivity contribution in [1.82, 2.24) is 9.97 Å². The zero-order valence-electron chi connectivity index (χ0n) is 10.0. The van der Waals surface area contributed by atoms with Crippen molar-refractivity contribution in [3.05, 3.63) is 39.4 Å². The van der Waals surface area contributed by atoms with Crippen LogP contribution in [0.15, 0.2) is 34.0 Å². The molecule has 7 N–H and O–H groups in total. The minimum Gasteiger partial charge on any atom is -0.399 e. The summed E-state index contributed by atoms with van der Waals surface area (Å²) in [5.41, 5.74) is 10.4. The van der Waals surface area contributed by atoms with Crippen LogP contribution in [0.5, 0.6) is 0 Å². The van der Waals surface area contributed by atoms with Gasteiger partial charge in [-0.2, -0.15) is 0 Å². The van der Waals surface area contributed by atoms with Crippen LogP contribution >= 0.6 is 12.2 Å². The highest BCUT2D eigenvalue weighted by Crippen LogP contribution is 2.17. The smallest absolute Gasteiger partial charge is 0.278 e. The van der Waals surface area contributed by atoms with Gasteiger partial charge in [0, 0.05) is 5.69 Å². The number of anilines is 3. The van der Waals surface area contributed by atoms with Crippen molar-refractivity contribution in [3.63, 3.8) is 0 Å². The Morgan fingerprint density at radius 3 is 2.25 bits per heavy atom. The highest BCUT2D eigenvalue weighted by Gasteiger charge is 2.17. The van der Waals surface area contributed by atoms with E-state index in [9.17, 15) is 13.2 Å². The predicted molar refractivity (Wildman–Crippen MR) is 78.3 cm³/mol. The van der Waals surface area contributed by atoms with Gasteiger partial charge in [-0.05, 0) is 36.5 Å². The van der Waals surface area contributed by atoms with Gasteiger partial charge in [-0.25, -0.2) is 8.42 Å².